The van der Waals surface area contributed by atoms with Crippen molar-refractivity contribution in [2.45, 2.75) is 19.8 Å². The number of nitrogens with zero attached hydrogens (tertiary/aromatic N) is 1. The van der Waals surface area contributed by atoms with E-state index in [1.807, 2.05) is 0 Å². The van der Waals surface area contributed by atoms with Crippen molar-refractivity contribution in [1.82, 2.24) is 5.32 Å². The van der Waals surface area contributed by atoms with Crippen LogP contribution in [0.4, 0.5) is 15.8 Å². The van der Waals surface area contributed by atoms with Crippen molar-refractivity contribution in [3.63, 3.8) is 0 Å². The molecule has 1 atom stereocenters. The summed E-state index contributed by atoms with van der Waals surface area (Å²) in [5, 5.41) is 17.2. The molecular weight excluding hydrogens is 249 g/mol. The van der Waals surface area contributed by atoms with Gasteiger partial charge in [-0.2, -0.15) is 0 Å². The number of nitrogens with one attached hydrogen (secondary N) is 2. The van der Waals surface area contributed by atoms with E-state index in [1.165, 1.54) is 6.07 Å². The molecule has 2 rings (SSSR count). The van der Waals surface area contributed by atoms with E-state index in [2.05, 4.69) is 10.6 Å². The van der Waals surface area contributed by atoms with Gasteiger partial charge in [-0.1, -0.05) is 0 Å². The zero-order chi connectivity index (χ0) is 13.8. The molecule has 1 unspecified atom stereocenters. The molecule has 1 heterocycles. The molecule has 0 spiro atoms. The molecule has 1 aromatic carbocycles. The predicted octanol–water partition coefficient (Wildman–Crippen LogP) is 2.45. The molecule has 0 amide bonds. The maximum absolute atomic E-state index is 13.3. The highest BCUT2D eigenvalue weighted by Crippen LogP contribution is 2.27. The number of aryl methyl sites for hydroxylation is 1. The Kier molecular flexibility index (Phi) is 4.31. The number of halogens is 1. The van der Waals surface area contributed by atoms with Gasteiger partial charge in [0.1, 0.15) is 11.5 Å². The molecule has 6 heteroatoms. The maximum atomic E-state index is 13.3. The van der Waals surface area contributed by atoms with E-state index in [9.17, 15) is 14.5 Å². The average molecular weight is 267 g/mol. The lowest BCUT2D eigenvalue weighted by molar-refractivity contribution is -0.384. The number of hydrogen-bond donors (Lipinski definition) is 2. The van der Waals surface area contributed by atoms with Gasteiger partial charge in [0.05, 0.1) is 11.0 Å². The van der Waals surface area contributed by atoms with E-state index in [4.69, 9.17) is 0 Å². The van der Waals surface area contributed by atoms with Gasteiger partial charge in [-0.15, -0.1) is 0 Å². The molecule has 2 N–H and O–H groups in total. The molecule has 19 heavy (non-hydrogen) atoms. The van der Waals surface area contributed by atoms with Crippen LogP contribution in [0.3, 0.4) is 0 Å². The van der Waals surface area contributed by atoms with Crippen LogP contribution in [0.5, 0.6) is 0 Å². The molecular formula is C13H18FN3O2. The summed E-state index contributed by atoms with van der Waals surface area (Å²) in [5.41, 5.74) is 0.609. The standard InChI is InChI=1S/C13H18FN3O2/c1-9-6-12(13(17(18)19)7-11(9)14)16-5-3-10-2-4-15-8-10/h6-7,10,15-16H,2-5,8H2,1H3. The Morgan fingerprint density at radius 1 is 1.58 bits per heavy atom. The van der Waals surface area contributed by atoms with Crippen molar-refractivity contribution in [1.29, 1.82) is 0 Å². The van der Waals surface area contributed by atoms with Crippen molar-refractivity contribution in [2.24, 2.45) is 5.92 Å². The number of rotatable bonds is 5. The average Bonchev–Trinajstić information content (AvgIpc) is 2.86. The van der Waals surface area contributed by atoms with Crippen molar-refractivity contribution < 1.29 is 9.31 Å². The summed E-state index contributed by atoms with van der Waals surface area (Å²) >= 11 is 0. The second-order valence-electron chi connectivity index (χ2n) is 4.95. The Morgan fingerprint density at radius 2 is 2.37 bits per heavy atom. The third-order valence-corrected chi connectivity index (χ3v) is 3.50. The summed E-state index contributed by atoms with van der Waals surface area (Å²) in [5.74, 6) is 0.0744. The van der Waals surface area contributed by atoms with Crippen LogP contribution in [0.2, 0.25) is 0 Å². The fraction of sp³-hybridized carbons (Fsp3) is 0.538. The minimum atomic E-state index is -0.554. The topological polar surface area (TPSA) is 67.2 Å². The molecule has 1 fully saturated rings. The van der Waals surface area contributed by atoms with Crippen LogP contribution in [0.1, 0.15) is 18.4 Å². The Labute approximate surface area is 111 Å². The summed E-state index contributed by atoms with van der Waals surface area (Å²) in [4.78, 5) is 10.3. The maximum Gasteiger partial charge on any atom is 0.295 e. The van der Waals surface area contributed by atoms with E-state index in [0.29, 0.717) is 23.7 Å². The summed E-state index contributed by atoms with van der Waals surface area (Å²) in [6, 6.07) is 2.48. The van der Waals surface area contributed by atoms with Crippen LogP contribution in [-0.4, -0.2) is 24.6 Å². The number of benzene rings is 1. The molecule has 1 saturated heterocycles. The molecule has 1 aliphatic heterocycles. The lowest BCUT2D eigenvalue weighted by Crippen LogP contribution is -2.13. The van der Waals surface area contributed by atoms with E-state index in [-0.39, 0.29) is 5.69 Å². The molecule has 104 valence electrons. The summed E-state index contributed by atoms with van der Waals surface area (Å²) in [7, 11) is 0. The van der Waals surface area contributed by atoms with E-state index in [1.54, 1.807) is 6.92 Å². The molecule has 1 aromatic rings. The molecule has 1 aliphatic rings. The zero-order valence-corrected chi connectivity index (χ0v) is 10.9. The van der Waals surface area contributed by atoms with Gasteiger partial charge in [-0.25, -0.2) is 4.39 Å². The van der Waals surface area contributed by atoms with E-state index >= 15 is 0 Å². The second kappa shape index (κ2) is 5.97. The molecule has 0 aromatic heterocycles. The highest BCUT2D eigenvalue weighted by molar-refractivity contribution is 5.63. The zero-order valence-electron chi connectivity index (χ0n) is 10.9. The SMILES string of the molecule is Cc1cc(NCCC2CCNC2)c([N+](=O)[O-])cc1F. The van der Waals surface area contributed by atoms with Gasteiger partial charge < -0.3 is 10.6 Å². The van der Waals surface area contributed by atoms with Crippen LogP contribution in [0.15, 0.2) is 12.1 Å². The number of nitro groups is 1. The predicted molar refractivity (Wildman–Crippen MR) is 71.9 cm³/mol. The van der Waals surface area contributed by atoms with Gasteiger partial charge in [0.15, 0.2) is 0 Å². The highest BCUT2D eigenvalue weighted by Gasteiger charge is 2.18. The largest absolute Gasteiger partial charge is 0.379 e. The fourth-order valence-electron chi connectivity index (χ4n) is 2.34. The van der Waals surface area contributed by atoms with Crippen LogP contribution < -0.4 is 10.6 Å². The lowest BCUT2D eigenvalue weighted by atomic mass is 10.1. The quantitative estimate of drug-likeness (QED) is 0.635. The Bertz CT molecular complexity index is 473. The third kappa shape index (κ3) is 3.41. The molecule has 5 nitrogen and oxygen atoms in total. The second-order valence-corrected chi connectivity index (χ2v) is 4.95. The van der Waals surface area contributed by atoms with Gasteiger partial charge in [-0.3, -0.25) is 10.1 Å². The van der Waals surface area contributed by atoms with Gasteiger partial charge in [0, 0.05) is 6.54 Å². The molecule has 0 bridgehead atoms. The van der Waals surface area contributed by atoms with Crippen molar-refractivity contribution in [2.75, 3.05) is 25.0 Å². The first-order chi connectivity index (χ1) is 9.08. The van der Waals surface area contributed by atoms with E-state index in [0.717, 1.165) is 32.0 Å². The van der Waals surface area contributed by atoms with Crippen molar-refractivity contribution in [3.05, 3.63) is 33.6 Å². The number of nitro benzene ring substituents is 1. The lowest BCUT2D eigenvalue weighted by Gasteiger charge is -2.11. The van der Waals surface area contributed by atoms with Gasteiger partial charge in [0.2, 0.25) is 0 Å². The van der Waals surface area contributed by atoms with Gasteiger partial charge in [0.25, 0.3) is 5.69 Å². The molecule has 0 radical (unpaired) electrons. The Hall–Kier alpha value is -1.69. The molecule has 0 saturated carbocycles. The first kappa shape index (κ1) is 13.7. The summed E-state index contributed by atoms with van der Waals surface area (Å²) in [6.07, 6.45) is 2.10. The van der Waals surface area contributed by atoms with Crippen LogP contribution in [0, 0.1) is 28.8 Å². The van der Waals surface area contributed by atoms with Gasteiger partial charge >= 0.3 is 0 Å². The summed E-state index contributed by atoms with van der Waals surface area (Å²) < 4.78 is 13.3. The normalized spacial score (nSPS) is 18.5. The minimum Gasteiger partial charge on any atom is -0.379 e. The van der Waals surface area contributed by atoms with Crippen LogP contribution >= 0.6 is 0 Å². The monoisotopic (exact) mass is 267 g/mol. The summed E-state index contributed by atoms with van der Waals surface area (Å²) in [6.45, 7) is 4.32. The van der Waals surface area contributed by atoms with Crippen molar-refractivity contribution >= 4 is 11.4 Å². The van der Waals surface area contributed by atoms with Crippen molar-refractivity contribution in [3.8, 4) is 0 Å². The first-order valence-corrected chi connectivity index (χ1v) is 6.47. The number of anilines is 1. The van der Waals surface area contributed by atoms with Crippen LogP contribution in [-0.2, 0) is 0 Å². The van der Waals surface area contributed by atoms with E-state index < -0.39 is 10.7 Å². The fourth-order valence-corrected chi connectivity index (χ4v) is 2.34. The Morgan fingerprint density at radius 3 is 3.00 bits per heavy atom. The van der Waals surface area contributed by atoms with Gasteiger partial charge in [-0.05, 0) is 50.4 Å². The highest BCUT2D eigenvalue weighted by atomic mass is 19.1. The first-order valence-electron chi connectivity index (χ1n) is 6.47. The molecule has 0 aliphatic carbocycles. The Balaban J connectivity index is 2.01. The number of hydrogen-bond acceptors (Lipinski definition) is 4. The van der Waals surface area contributed by atoms with Crippen LogP contribution in [0.25, 0.3) is 0 Å². The smallest absolute Gasteiger partial charge is 0.295 e. The third-order valence-electron chi connectivity index (χ3n) is 3.50. The minimum absolute atomic E-state index is 0.201.